The lowest BCUT2D eigenvalue weighted by atomic mass is 9.38. The molecule has 3 fully saturated rings. The second-order valence-corrected chi connectivity index (χ2v) is 13.9. The lowest BCUT2D eigenvalue weighted by Gasteiger charge is -2.67. The molecule has 5 rings (SSSR count). The van der Waals surface area contributed by atoms with E-state index in [0.717, 1.165) is 12.5 Å². The Kier molecular flexibility index (Phi) is 4.87. The largest absolute Gasteiger partial charge is 0.407 e. The Balaban J connectivity index is 1.75. The van der Waals surface area contributed by atoms with Gasteiger partial charge in [0.15, 0.2) is 0 Å². The number of benzene rings is 2. The van der Waals surface area contributed by atoms with Gasteiger partial charge in [0.1, 0.15) is 0 Å². The molecule has 2 aromatic carbocycles. The molecule has 1 nitrogen and oxygen atoms in total. The van der Waals surface area contributed by atoms with Crippen molar-refractivity contribution in [2.24, 2.45) is 17.3 Å². The highest BCUT2D eigenvalue weighted by atomic mass is 79.9. The van der Waals surface area contributed by atoms with Crippen molar-refractivity contribution < 1.29 is 4.43 Å². The van der Waals surface area contributed by atoms with Crippen molar-refractivity contribution in [1.29, 1.82) is 0 Å². The van der Waals surface area contributed by atoms with Crippen LogP contribution in [0.1, 0.15) is 33.6 Å². The molecule has 0 saturated heterocycles. The molecule has 3 saturated carbocycles. The molecule has 27 heavy (non-hydrogen) atoms. The van der Waals surface area contributed by atoms with E-state index in [0.29, 0.717) is 5.92 Å². The van der Waals surface area contributed by atoms with E-state index in [1.807, 2.05) is 0 Å². The smallest absolute Gasteiger partial charge is 0.261 e. The molecule has 3 aliphatic carbocycles. The third kappa shape index (κ3) is 2.94. The van der Waals surface area contributed by atoms with Gasteiger partial charge in [0.2, 0.25) is 0 Å². The third-order valence-corrected chi connectivity index (χ3v) is 11.9. The Labute approximate surface area is 172 Å². The minimum absolute atomic E-state index is 0.0375. The Bertz CT molecular complexity index is 814. The Hall–Kier alpha value is -1.34. The molecule has 0 aliphatic heterocycles. The fourth-order valence-electron chi connectivity index (χ4n) is 5.20. The quantitative estimate of drug-likeness (QED) is 0.474. The molecule has 0 spiro atoms. The van der Waals surface area contributed by atoms with Crippen molar-refractivity contribution in [3.8, 4) is 10.8 Å². The summed E-state index contributed by atoms with van der Waals surface area (Å²) in [5.74, 6) is 4.68. The van der Waals surface area contributed by atoms with Crippen LogP contribution in [0.2, 0.25) is 5.04 Å². The second kappa shape index (κ2) is 6.92. The average molecular weight is 439 g/mol. The highest BCUT2D eigenvalue weighted by Gasteiger charge is 2.66. The van der Waals surface area contributed by atoms with Gasteiger partial charge in [-0.15, -0.1) is 0 Å². The predicted molar refractivity (Wildman–Crippen MR) is 119 cm³/mol. The SMILES string of the molecule is CC(C)(C)[Si](OCC12CC(C1)[C@@H]2C#CBr)(c1ccccc1)c1ccccc1. The van der Waals surface area contributed by atoms with E-state index < -0.39 is 8.32 Å². The molecule has 140 valence electrons. The summed E-state index contributed by atoms with van der Waals surface area (Å²) in [5, 5.41) is 2.76. The van der Waals surface area contributed by atoms with Crippen molar-refractivity contribution in [3.63, 3.8) is 0 Å². The molecule has 2 aromatic rings. The molecule has 2 bridgehead atoms. The molecule has 3 aliphatic rings. The standard InChI is InChI=1S/C24H27BrOSi/c1-23(2,3)27(20-10-6-4-7-11-20,21-12-8-5-9-13-21)26-18-24-16-19(17-24)22(24)14-15-25/h4-13,19,22H,16-18H2,1-3H3/t19?,22-,24?/m0/s1. The van der Waals surface area contributed by atoms with Gasteiger partial charge in [0.25, 0.3) is 8.32 Å². The summed E-state index contributed by atoms with van der Waals surface area (Å²) in [4.78, 5) is 2.96. The van der Waals surface area contributed by atoms with Crippen molar-refractivity contribution in [2.45, 2.75) is 38.7 Å². The van der Waals surface area contributed by atoms with E-state index in [4.69, 9.17) is 4.43 Å². The topological polar surface area (TPSA) is 9.23 Å². The molecule has 3 heteroatoms. The summed E-state index contributed by atoms with van der Waals surface area (Å²) in [6.45, 7) is 7.86. The van der Waals surface area contributed by atoms with Gasteiger partial charge >= 0.3 is 0 Å². The van der Waals surface area contributed by atoms with Crippen molar-refractivity contribution >= 4 is 34.6 Å². The highest BCUT2D eigenvalue weighted by Crippen LogP contribution is 2.68. The first-order valence-electron chi connectivity index (χ1n) is 9.79. The number of hydrogen-bond donors (Lipinski definition) is 0. The van der Waals surface area contributed by atoms with Crippen LogP contribution in [0.15, 0.2) is 60.7 Å². The summed E-state index contributed by atoms with van der Waals surface area (Å²) in [7, 11) is -2.43. The highest BCUT2D eigenvalue weighted by molar-refractivity contribution is 9.12. The van der Waals surface area contributed by atoms with Crippen LogP contribution in [0.5, 0.6) is 0 Å². The van der Waals surface area contributed by atoms with E-state index in [1.165, 1.54) is 23.2 Å². The van der Waals surface area contributed by atoms with Crippen LogP contribution in [0, 0.1) is 28.0 Å². The van der Waals surface area contributed by atoms with Gasteiger partial charge in [-0.05, 0) is 39.0 Å². The molecule has 0 N–H and O–H groups in total. The van der Waals surface area contributed by atoms with Crippen LogP contribution < -0.4 is 10.4 Å². The first-order valence-corrected chi connectivity index (χ1v) is 12.5. The third-order valence-electron chi connectivity index (χ3n) is 6.67. The van der Waals surface area contributed by atoms with Gasteiger partial charge in [0.05, 0.1) is 0 Å². The predicted octanol–water partition coefficient (Wildman–Crippen LogP) is 4.95. The maximum Gasteiger partial charge on any atom is 0.261 e. The van der Waals surface area contributed by atoms with Gasteiger partial charge in [-0.2, -0.15) is 0 Å². The van der Waals surface area contributed by atoms with E-state index in [1.54, 1.807) is 0 Å². The van der Waals surface area contributed by atoms with E-state index >= 15 is 0 Å². The van der Waals surface area contributed by atoms with E-state index in [9.17, 15) is 0 Å². The van der Waals surface area contributed by atoms with Gasteiger partial charge in [-0.3, -0.25) is 0 Å². The van der Waals surface area contributed by atoms with Crippen LogP contribution in [-0.2, 0) is 4.43 Å². The zero-order valence-corrected chi connectivity index (χ0v) is 18.9. The van der Waals surface area contributed by atoms with Crippen molar-refractivity contribution in [3.05, 3.63) is 60.7 Å². The Morgan fingerprint density at radius 1 is 1.00 bits per heavy atom. The van der Waals surface area contributed by atoms with Crippen LogP contribution in [0.4, 0.5) is 0 Å². The molecule has 1 atom stereocenters. The minimum atomic E-state index is -2.43. The van der Waals surface area contributed by atoms with Crippen molar-refractivity contribution in [1.82, 2.24) is 0 Å². The summed E-state index contributed by atoms with van der Waals surface area (Å²) in [6.07, 6.45) is 2.55. The molecule has 0 unspecified atom stereocenters. The molecule has 0 heterocycles. The van der Waals surface area contributed by atoms with E-state index in [-0.39, 0.29) is 10.5 Å². The van der Waals surface area contributed by atoms with Gasteiger partial charge in [-0.25, -0.2) is 0 Å². The Morgan fingerprint density at radius 2 is 1.52 bits per heavy atom. The zero-order valence-electron chi connectivity index (χ0n) is 16.3. The maximum atomic E-state index is 7.14. The summed E-state index contributed by atoms with van der Waals surface area (Å²) in [6, 6.07) is 21.8. The normalized spacial score (nSPS) is 26.4. The lowest BCUT2D eigenvalue weighted by Crippen LogP contribution is -2.70. The Morgan fingerprint density at radius 3 is 1.89 bits per heavy atom. The van der Waals surface area contributed by atoms with Crippen LogP contribution in [0.25, 0.3) is 0 Å². The van der Waals surface area contributed by atoms with Crippen LogP contribution in [0.3, 0.4) is 0 Å². The van der Waals surface area contributed by atoms with Crippen LogP contribution >= 0.6 is 15.9 Å². The van der Waals surface area contributed by atoms with E-state index in [2.05, 4.69) is 108 Å². The monoisotopic (exact) mass is 438 g/mol. The average Bonchev–Trinajstić information content (AvgIpc) is 2.62. The van der Waals surface area contributed by atoms with Crippen LogP contribution in [-0.4, -0.2) is 14.9 Å². The van der Waals surface area contributed by atoms with Gasteiger partial charge < -0.3 is 4.43 Å². The summed E-state index contributed by atoms with van der Waals surface area (Å²) >= 11 is 3.30. The molecule has 0 radical (unpaired) electrons. The maximum absolute atomic E-state index is 7.14. The first kappa shape index (κ1) is 19.0. The minimum Gasteiger partial charge on any atom is -0.407 e. The number of halogens is 1. The lowest BCUT2D eigenvalue weighted by molar-refractivity contribution is -0.180. The molecule has 0 amide bonds. The molecular weight excluding hydrogens is 412 g/mol. The summed E-state index contributed by atoms with van der Waals surface area (Å²) < 4.78 is 7.14. The fraction of sp³-hybridized carbons (Fsp3) is 0.417. The fourth-order valence-corrected chi connectivity index (χ4v) is 10.1. The van der Waals surface area contributed by atoms with Gasteiger partial charge in [0, 0.05) is 33.9 Å². The van der Waals surface area contributed by atoms with Gasteiger partial charge in [-0.1, -0.05) is 87.4 Å². The molecule has 0 aromatic heterocycles. The number of rotatable bonds is 5. The second-order valence-electron chi connectivity index (χ2n) is 9.20. The first-order chi connectivity index (χ1) is 12.9. The molecular formula is C24H27BrOSi. The zero-order chi connectivity index (χ0) is 19.1. The summed E-state index contributed by atoms with van der Waals surface area (Å²) in [5.41, 5.74) is 0.276. The number of hydrogen-bond acceptors (Lipinski definition) is 1. The van der Waals surface area contributed by atoms with Crippen molar-refractivity contribution in [2.75, 3.05) is 6.61 Å².